The molecule has 0 amide bonds. The van der Waals surface area contributed by atoms with E-state index in [4.69, 9.17) is 4.74 Å². The van der Waals surface area contributed by atoms with Crippen molar-refractivity contribution in [3.05, 3.63) is 121 Å². The Bertz CT molecular complexity index is 1520. The quantitative estimate of drug-likeness (QED) is 0.221. The van der Waals surface area contributed by atoms with Crippen molar-refractivity contribution in [2.24, 2.45) is 0 Å². The zero-order valence-electron chi connectivity index (χ0n) is 17.8. The lowest BCUT2D eigenvalue weighted by atomic mass is 9.99. The Kier molecular flexibility index (Phi) is 5.52. The van der Waals surface area contributed by atoms with Crippen molar-refractivity contribution in [3.63, 3.8) is 0 Å². The summed E-state index contributed by atoms with van der Waals surface area (Å²) < 4.78 is 6.13. The largest absolute Gasteiger partial charge is 0.457 e. The summed E-state index contributed by atoms with van der Waals surface area (Å²) in [4.78, 5) is 20.6. The molecule has 3 heteroatoms. The SMILES string of the molecule is O=C1C=CC(=O)C=C1.c1ccc(Oc2cccc3cc4cc5ccccc5cc4cc23)cc1. The predicted octanol–water partition coefficient (Wildman–Crippen LogP) is 7.19. The van der Waals surface area contributed by atoms with Gasteiger partial charge in [-0.2, -0.15) is 0 Å². The summed E-state index contributed by atoms with van der Waals surface area (Å²) in [5.41, 5.74) is 0. The second-order valence-electron chi connectivity index (χ2n) is 7.76. The van der Waals surface area contributed by atoms with E-state index in [9.17, 15) is 9.59 Å². The number of carbonyl (C=O) groups excluding carboxylic acids is 2. The monoisotopic (exact) mass is 428 g/mol. The van der Waals surface area contributed by atoms with E-state index in [1.54, 1.807) is 0 Å². The maximum absolute atomic E-state index is 10.3. The van der Waals surface area contributed by atoms with Crippen LogP contribution in [0.5, 0.6) is 11.5 Å². The Morgan fingerprint density at radius 1 is 0.455 bits per heavy atom. The molecule has 0 saturated carbocycles. The molecular weight excluding hydrogens is 408 g/mol. The number of benzene rings is 5. The first kappa shape index (κ1) is 20.4. The Balaban J connectivity index is 0.000000243. The summed E-state index contributed by atoms with van der Waals surface area (Å²) in [6, 6.07) is 33.6. The summed E-state index contributed by atoms with van der Waals surface area (Å²) in [6.07, 6.45) is 5.01. The molecule has 0 radical (unpaired) electrons. The Hall–Kier alpha value is -4.50. The number of hydrogen-bond donors (Lipinski definition) is 0. The van der Waals surface area contributed by atoms with E-state index in [1.165, 1.54) is 51.2 Å². The van der Waals surface area contributed by atoms with Gasteiger partial charge in [0.1, 0.15) is 11.5 Å². The van der Waals surface area contributed by atoms with Gasteiger partial charge in [-0.05, 0) is 93.7 Å². The standard InChI is InChI=1S/C24H16O.C6H4O2/c1-2-10-22(11-3-1)25-24-12-6-9-19-15-20-13-17-7-4-5-8-18(17)14-21(20)16-23(19)24;7-5-1-2-6(8)4-3-5/h1-16H;1-4H. The molecule has 0 aromatic heterocycles. The molecule has 0 bridgehead atoms. The minimum Gasteiger partial charge on any atom is -0.457 e. The van der Waals surface area contributed by atoms with Crippen LogP contribution < -0.4 is 4.74 Å². The molecule has 0 unspecified atom stereocenters. The van der Waals surface area contributed by atoms with Crippen LogP contribution in [0.25, 0.3) is 32.3 Å². The average molecular weight is 428 g/mol. The van der Waals surface area contributed by atoms with E-state index in [2.05, 4.69) is 54.6 Å². The number of para-hydroxylation sites is 1. The lowest BCUT2D eigenvalue weighted by molar-refractivity contribution is -0.113. The van der Waals surface area contributed by atoms with E-state index >= 15 is 0 Å². The van der Waals surface area contributed by atoms with Crippen molar-refractivity contribution in [2.45, 2.75) is 0 Å². The molecule has 6 rings (SSSR count). The summed E-state index contributed by atoms with van der Waals surface area (Å²) >= 11 is 0. The minimum atomic E-state index is -0.121. The molecule has 5 aromatic rings. The van der Waals surface area contributed by atoms with Gasteiger partial charge in [-0.3, -0.25) is 9.59 Å². The van der Waals surface area contributed by atoms with Gasteiger partial charge in [0.2, 0.25) is 0 Å². The van der Waals surface area contributed by atoms with E-state index in [0.29, 0.717) is 0 Å². The van der Waals surface area contributed by atoms with Crippen LogP contribution in [0, 0.1) is 0 Å². The van der Waals surface area contributed by atoms with Crippen molar-refractivity contribution in [1.29, 1.82) is 0 Å². The number of allylic oxidation sites excluding steroid dienone is 4. The Labute approximate surface area is 191 Å². The summed E-state index contributed by atoms with van der Waals surface area (Å²) in [6.45, 7) is 0. The van der Waals surface area contributed by atoms with E-state index in [-0.39, 0.29) is 11.6 Å². The maximum atomic E-state index is 10.3. The third kappa shape index (κ3) is 4.58. The number of hydrogen-bond acceptors (Lipinski definition) is 3. The highest BCUT2D eigenvalue weighted by Crippen LogP contribution is 2.34. The summed E-state index contributed by atoms with van der Waals surface area (Å²) in [5.74, 6) is 1.50. The molecule has 5 aromatic carbocycles. The van der Waals surface area contributed by atoms with Crippen LogP contribution in [0.2, 0.25) is 0 Å². The Morgan fingerprint density at radius 2 is 0.970 bits per heavy atom. The summed E-state index contributed by atoms with van der Waals surface area (Å²) in [5, 5.41) is 7.34. The molecular formula is C30H20O3. The lowest BCUT2D eigenvalue weighted by Crippen LogP contribution is -1.97. The number of ether oxygens (including phenoxy) is 1. The van der Waals surface area contributed by atoms with Crippen LogP contribution >= 0.6 is 0 Å². The van der Waals surface area contributed by atoms with Crippen LogP contribution in [0.3, 0.4) is 0 Å². The maximum Gasteiger partial charge on any atom is 0.178 e. The summed E-state index contributed by atoms with van der Waals surface area (Å²) in [7, 11) is 0. The van der Waals surface area contributed by atoms with Crippen molar-refractivity contribution in [3.8, 4) is 11.5 Å². The number of carbonyl (C=O) groups is 2. The van der Waals surface area contributed by atoms with Gasteiger partial charge in [-0.1, -0.05) is 54.6 Å². The second-order valence-corrected chi connectivity index (χ2v) is 7.76. The van der Waals surface area contributed by atoms with Gasteiger partial charge in [0.25, 0.3) is 0 Å². The fraction of sp³-hybridized carbons (Fsp3) is 0. The third-order valence-corrected chi connectivity index (χ3v) is 5.46. The van der Waals surface area contributed by atoms with Crippen molar-refractivity contribution >= 4 is 43.9 Å². The fourth-order valence-electron chi connectivity index (χ4n) is 3.83. The molecule has 0 spiro atoms. The van der Waals surface area contributed by atoms with Crippen molar-refractivity contribution in [2.75, 3.05) is 0 Å². The normalized spacial score (nSPS) is 12.7. The van der Waals surface area contributed by atoms with E-state index < -0.39 is 0 Å². The van der Waals surface area contributed by atoms with Gasteiger partial charge in [0, 0.05) is 5.39 Å². The van der Waals surface area contributed by atoms with Gasteiger partial charge in [-0.15, -0.1) is 0 Å². The molecule has 0 atom stereocenters. The van der Waals surface area contributed by atoms with Crippen LogP contribution in [0.1, 0.15) is 0 Å². The molecule has 1 aliphatic carbocycles. The first-order chi connectivity index (χ1) is 16.2. The smallest absolute Gasteiger partial charge is 0.178 e. The van der Waals surface area contributed by atoms with Crippen LogP contribution in [-0.2, 0) is 9.59 Å². The minimum absolute atomic E-state index is 0.121. The number of rotatable bonds is 2. The van der Waals surface area contributed by atoms with Gasteiger partial charge < -0.3 is 4.74 Å². The van der Waals surface area contributed by atoms with Crippen molar-refractivity contribution < 1.29 is 14.3 Å². The third-order valence-electron chi connectivity index (χ3n) is 5.46. The molecule has 0 heterocycles. The van der Waals surface area contributed by atoms with Crippen LogP contribution in [-0.4, -0.2) is 11.6 Å². The van der Waals surface area contributed by atoms with Gasteiger partial charge in [0.05, 0.1) is 0 Å². The van der Waals surface area contributed by atoms with E-state index in [0.717, 1.165) is 16.9 Å². The zero-order valence-corrected chi connectivity index (χ0v) is 17.8. The lowest BCUT2D eigenvalue weighted by Gasteiger charge is -2.11. The van der Waals surface area contributed by atoms with E-state index in [1.807, 2.05) is 42.5 Å². The molecule has 0 saturated heterocycles. The molecule has 158 valence electrons. The molecule has 3 nitrogen and oxygen atoms in total. The molecule has 0 aliphatic heterocycles. The molecule has 0 fully saturated rings. The first-order valence-corrected chi connectivity index (χ1v) is 10.7. The highest BCUT2D eigenvalue weighted by atomic mass is 16.5. The predicted molar refractivity (Wildman–Crippen MR) is 134 cm³/mol. The fourth-order valence-corrected chi connectivity index (χ4v) is 3.83. The number of fused-ring (bicyclic) bond motifs is 3. The molecule has 33 heavy (non-hydrogen) atoms. The highest BCUT2D eigenvalue weighted by Gasteiger charge is 2.06. The molecule has 0 N–H and O–H groups in total. The Morgan fingerprint density at radius 3 is 1.61 bits per heavy atom. The van der Waals surface area contributed by atoms with Gasteiger partial charge in [-0.25, -0.2) is 0 Å². The van der Waals surface area contributed by atoms with Crippen molar-refractivity contribution in [1.82, 2.24) is 0 Å². The second kappa shape index (κ2) is 8.93. The zero-order chi connectivity index (χ0) is 22.6. The van der Waals surface area contributed by atoms with Crippen LogP contribution in [0.15, 0.2) is 121 Å². The topological polar surface area (TPSA) is 43.4 Å². The van der Waals surface area contributed by atoms with Crippen LogP contribution in [0.4, 0.5) is 0 Å². The highest BCUT2D eigenvalue weighted by molar-refractivity contribution is 6.14. The van der Waals surface area contributed by atoms with Gasteiger partial charge in [0.15, 0.2) is 11.6 Å². The first-order valence-electron chi connectivity index (χ1n) is 10.7. The molecule has 1 aliphatic rings. The van der Waals surface area contributed by atoms with Gasteiger partial charge >= 0.3 is 0 Å². The average Bonchev–Trinajstić information content (AvgIpc) is 2.85. The number of ketones is 2.